The van der Waals surface area contributed by atoms with Crippen LogP contribution in [0.15, 0.2) is 61.2 Å². The van der Waals surface area contributed by atoms with E-state index in [2.05, 4.69) is 21.6 Å². The topological polar surface area (TPSA) is 88.2 Å². The Bertz CT molecular complexity index is 1160. The molecule has 0 atom stereocenters. The molecule has 0 saturated heterocycles. The third kappa shape index (κ3) is 5.76. The van der Waals surface area contributed by atoms with E-state index in [0.717, 1.165) is 10.6 Å². The number of aryl methyl sites for hydroxylation is 1. The molecule has 0 unspecified atom stereocenters. The lowest BCUT2D eigenvalue weighted by molar-refractivity contribution is 0.103. The Kier molecular flexibility index (Phi) is 7.04. The van der Waals surface area contributed by atoms with E-state index in [1.165, 1.54) is 17.4 Å². The number of benzene rings is 2. The van der Waals surface area contributed by atoms with Crippen molar-refractivity contribution in [1.82, 2.24) is 9.71 Å². The Morgan fingerprint density at radius 3 is 2.47 bits per heavy atom. The maximum absolute atomic E-state index is 12.7. The van der Waals surface area contributed by atoms with E-state index in [1.54, 1.807) is 43.3 Å². The van der Waals surface area contributed by atoms with Gasteiger partial charge in [-0.1, -0.05) is 41.9 Å². The van der Waals surface area contributed by atoms with E-state index in [1.807, 2.05) is 12.1 Å². The number of nitrogens with zero attached hydrogens (tertiary/aromatic N) is 1. The van der Waals surface area contributed by atoms with Gasteiger partial charge >= 0.3 is 0 Å². The fourth-order valence-corrected chi connectivity index (χ4v) is 4.85. The molecule has 0 spiro atoms. The van der Waals surface area contributed by atoms with Crippen molar-refractivity contribution in [3.63, 3.8) is 0 Å². The van der Waals surface area contributed by atoms with Crippen LogP contribution in [0.3, 0.4) is 0 Å². The average molecular weight is 462 g/mol. The summed E-state index contributed by atoms with van der Waals surface area (Å²) in [5, 5.41) is 4.20. The minimum atomic E-state index is -3.43. The van der Waals surface area contributed by atoms with Crippen LogP contribution >= 0.6 is 22.9 Å². The Labute approximate surface area is 184 Å². The highest BCUT2D eigenvalue weighted by molar-refractivity contribution is 7.88. The summed E-state index contributed by atoms with van der Waals surface area (Å²) in [6, 6.07) is 14.0. The maximum Gasteiger partial charge on any atom is 0.267 e. The molecule has 9 heteroatoms. The second-order valence-corrected chi connectivity index (χ2v) is 9.73. The molecule has 2 N–H and O–H groups in total. The van der Waals surface area contributed by atoms with Crippen LogP contribution in [0.1, 0.15) is 20.9 Å². The van der Waals surface area contributed by atoms with Gasteiger partial charge in [0, 0.05) is 22.8 Å². The quantitative estimate of drug-likeness (QED) is 0.479. The lowest BCUT2D eigenvalue weighted by Gasteiger charge is -2.07. The molecule has 0 saturated carbocycles. The van der Waals surface area contributed by atoms with Gasteiger partial charge in [-0.15, -0.1) is 17.9 Å². The summed E-state index contributed by atoms with van der Waals surface area (Å²) in [5.74, 6) is -0.411. The SMILES string of the molecule is C=CCNS(=O)(=O)Cc1ccc(NC(=O)c2sc(-c3ccc(Cl)cc3)nc2C)cc1. The van der Waals surface area contributed by atoms with E-state index in [0.29, 0.717) is 26.8 Å². The van der Waals surface area contributed by atoms with E-state index in [-0.39, 0.29) is 18.2 Å². The number of sulfonamides is 1. The fraction of sp³-hybridized carbons (Fsp3) is 0.143. The third-order valence-corrected chi connectivity index (χ3v) is 6.89. The molecule has 0 aliphatic rings. The largest absolute Gasteiger partial charge is 0.321 e. The number of rotatable bonds is 8. The first-order valence-corrected chi connectivity index (χ1v) is 11.8. The molecule has 0 aliphatic carbocycles. The summed E-state index contributed by atoms with van der Waals surface area (Å²) >= 11 is 7.23. The molecule has 3 aromatic rings. The van der Waals surface area contributed by atoms with Crippen molar-refractivity contribution in [2.24, 2.45) is 0 Å². The molecule has 1 aromatic heterocycles. The van der Waals surface area contributed by atoms with Gasteiger partial charge in [-0.25, -0.2) is 18.1 Å². The standard InChI is InChI=1S/C21H20ClN3O3S2/c1-3-12-23-30(27,28)13-15-4-10-18(11-5-15)25-20(26)19-14(2)24-21(29-19)16-6-8-17(22)9-7-16/h3-11,23H,1,12-13H2,2H3,(H,25,26). The highest BCUT2D eigenvalue weighted by Gasteiger charge is 2.17. The maximum atomic E-state index is 12.7. The number of hydrogen-bond donors (Lipinski definition) is 2. The van der Waals surface area contributed by atoms with Gasteiger partial charge in [0.2, 0.25) is 10.0 Å². The predicted octanol–water partition coefficient (Wildman–Crippen LogP) is 4.63. The molecule has 2 aromatic carbocycles. The summed E-state index contributed by atoms with van der Waals surface area (Å²) in [5.41, 5.74) is 2.71. The minimum absolute atomic E-state index is 0.145. The van der Waals surface area contributed by atoms with Crippen molar-refractivity contribution in [1.29, 1.82) is 0 Å². The zero-order chi connectivity index (χ0) is 21.7. The van der Waals surface area contributed by atoms with Gasteiger partial charge in [0.25, 0.3) is 5.91 Å². The van der Waals surface area contributed by atoms with Crippen LogP contribution in [0.25, 0.3) is 10.6 Å². The Balaban J connectivity index is 1.69. The fourth-order valence-electron chi connectivity index (χ4n) is 2.65. The number of halogens is 1. The molecule has 1 amide bonds. The van der Waals surface area contributed by atoms with Gasteiger partial charge in [-0.05, 0) is 36.8 Å². The Morgan fingerprint density at radius 1 is 1.17 bits per heavy atom. The zero-order valence-corrected chi connectivity index (χ0v) is 18.6. The van der Waals surface area contributed by atoms with Gasteiger partial charge < -0.3 is 5.32 Å². The highest BCUT2D eigenvalue weighted by atomic mass is 35.5. The molecular weight excluding hydrogens is 442 g/mol. The number of carbonyl (C=O) groups excluding carboxylic acids is 1. The van der Waals surface area contributed by atoms with Crippen LogP contribution in [0.5, 0.6) is 0 Å². The summed E-state index contributed by atoms with van der Waals surface area (Å²) in [4.78, 5) is 17.7. The number of hydrogen-bond acceptors (Lipinski definition) is 5. The second kappa shape index (κ2) is 9.53. The van der Waals surface area contributed by atoms with Crippen LogP contribution in [-0.4, -0.2) is 25.9 Å². The van der Waals surface area contributed by atoms with E-state index in [9.17, 15) is 13.2 Å². The van der Waals surface area contributed by atoms with Gasteiger partial charge in [0.1, 0.15) is 9.88 Å². The molecule has 30 heavy (non-hydrogen) atoms. The summed E-state index contributed by atoms with van der Waals surface area (Å²) in [6.45, 7) is 5.46. The normalized spacial score (nSPS) is 11.3. The average Bonchev–Trinajstić information content (AvgIpc) is 3.10. The van der Waals surface area contributed by atoms with Crippen molar-refractivity contribution in [2.45, 2.75) is 12.7 Å². The third-order valence-electron chi connectivity index (χ3n) is 4.11. The van der Waals surface area contributed by atoms with E-state index < -0.39 is 10.0 Å². The van der Waals surface area contributed by atoms with Crippen molar-refractivity contribution < 1.29 is 13.2 Å². The number of amides is 1. The minimum Gasteiger partial charge on any atom is -0.321 e. The molecule has 0 radical (unpaired) electrons. The number of carbonyl (C=O) groups is 1. The lowest BCUT2D eigenvalue weighted by atomic mass is 10.2. The van der Waals surface area contributed by atoms with E-state index in [4.69, 9.17) is 11.6 Å². The summed E-state index contributed by atoms with van der Waals surface area (Å²) in [7, 11) is -3.43. The molecule has 6 nitrogen and oxygen atoms in total. The van der Waals surface area contributed by atoms with Crippen LogP contribution in [0, 0.1) is 6.92 Å². The van der Waals surface area contributed by atoms with Crippen molar-refractivity contribution >= 4 is 44.6 Å². The molecule has 3 rings (SSSR count). The molecule has 0 bridgehead atoms. The molecule has 156 valence electrons. The van der Waals surface area contributed by atoms with Gasteiger partial charge in [0.05, 0.1) is 11.4 Å². The van der Waals surface area contributed by atoms with Crippen molar-refractivity contribution in [2.75, 3.05) is 11.9 Å². The number of thiazole rings is 1. The van der Waals surface area contributed by atoms with Gasteiger partial charge in [-0.3, -0.25) is 4.79 Å². The number of aromatic nitrogens is 1. The highest BCUT2D eigenvalue weighted by Crippen LogP contribution is 2.29. The summed E-state index contributed by atoms with van der Waals surface area (Å²) < 4.78 is 26.3. The first-order chi connectivity index (χ1) is 14.3. The Morgan fingerprint density at radius 2 is 1.83 bits per heavy atom. The van der Waals surface area contributed by atoms with Gasteiger partial charge in [-0.2, -0.15) is 0 Å². The molecule has 1 heterocycles. The monoisotopic (exact) mass is 461 g/mol. The number of anilines is 1. The van der Waals surface area contributed by atoms with Crippen LogP contribution < -0.4 is 10.0 Å². The van der Waals surface area contributed by atoms with Crippen LogP contribution in [-0.2, 0) is 15.8 Å². The predicted molar refractivity (Wildman–Crippen MR) is 123 cm³/mol. The molecular formula is C21H20ClN3O3S2. The Hall–Kier alpha value is -2.52. The van der Waals surface area contributed by atoms with Gasteiger partial charge in [0.15, 0.2) is 0 Å². The first kappa shape index (κ1) is 22.2. The first-order valence-electron chi connectivity index (χ1n) is 8.99. The zero-order valence-electron chi connectivity index (χ0n) is 16.2. The van der Waals surface area contributed by atoms with Crippen LogP contribution in [0.2, 0.25) is 5.02 Å². The molecule has 0 fully saturated rings. The smallest absolute Gasteiger partial charge is 0.267 e. The molecule has 0 aliphatic heterocycles. The number of nitrogens with one attached hydrogen (secondary N) is 2. The van der Waals surface area contributed by atoms with Crippen molar-refractivity contribution in [3.05, 3.63) is 82.3 Å². The van der Waals surface area contributed by atoms with Crippen LogP contribution in [0.4, 0.5) is 5.69 Å². The van der Waals surface area contributed by atoms with Crippen molar-refractivity contribution in [3.8, 4) is 10.6 Å². The summed E-state index contributed by atoms with van der Waals surface area (Å²) in [6.07, 6.45) is 1.48. The van der Waals surface area contributed by atoms with E-state index >= 15 is 0 Å². The lowest BCUT2D eigenvalue weighted by Crippen LogP contribution is -2.25. The second-order valence-electron chi connectivity index (χ2n) is 6.49.